The van der Waals surface area contributed by atoms with Crippen LogP contribution in [-0.2, 0) is 7.05 Å². The molecule has 0 spiro atoms. The SMILES string of the molecule is Cc1cccc(-c2ncsc2-c2ccc3nn(C)nc3c2)n1. The maximum atomic E-state index is 4.58. The smallest absolute Gasteiger partial charge is 0.113 e. The van der Waals surface area contributed by atoms with E-state index in [1.807, 2.05) is 43.7 Å². The van der Waals surface area contributed by atoms with Gasteiger partial charge in [-0.25, -0.2) is 4.98 Å². The number of pyridine rings is 1. The molecular weight excluding hydrogens is 294 g/mol. The summed E-state index contributed by atoms with van der Waals surface area (Å²) in [5.41, 5.74) is 7.53. The predicted molar refractivity (Wildman–Crippen MR) is 87.6 cm³/mol. The van der Waals surface area contributed by atoms with Crippen LogP contribution in [0.2, 0.25) is 0 Å². The second-order valence-corrected chi connectivity index (χ2v) is 5.94. The number of aryl methyl sites for hydroxylation is 2. The molecule has 0 radical (unpaired) electrons. The van der Waals surface area contributed by atoms with Crippen LogP contribution in [0.1, 0.15) is 5.69 Å². The lowest BCUT2D eigenvalue weighted by atomic mass is 10.1. The molecule has 0 saturated heterocycles. The quantitative estimate of drug-likeness (QED) is 0.569. The highest BCUT2D eigenvalue weighted by molar-refractivity contribution is 7.13. The van der Waals surface area contributed by atoms with E-state index in [4.69, 9.17) is 0 Å². The third kappa shape index (κ3) is 2.17. The molecule has 0 saturated carbocycles. The van der Waals surface area contributed by atoms with Crippen LogP contribution in [0.5, 0.6) is 0 Å². The Bertz CT molecular complexity index is 970. The minimum Gasteiger partial charge on any atom is -0.251 e. The first-order chi connectivity index (χ1) is 10.7. The summed E-state index contributed by atoms with van der Waals surface area (Å²) in [6.45, 7) is 1.99. The molecule has 0 unspecified atom stereocenters. The van der Waals surface area contributed by atoms with Gasteiger partial charge in [-0.15, -0.1) is 11.3 Å². The summed E-state index contributed by atoms with van der Waals surface area (Å²) in [5, 5.41) is 8.68. The molecule has 0 bridgehead atoms. The van der Waals surface area contributed by atoms with E-state index in [0.717, 1.165) is 38.6 Å². The van der Waals surface area contributed by atoms with Gasteiger partial charge in [0.2, 0.25) is 0 Å². The van der Waals surface area contributed by atoms with Crippen LogP contribution >= 0.6 is 11.3 Å². The zero-order chi connectivity index (χ0) is 15.1. The number of hydrogen-bond acceptors (Lipinski definition) is 5. The summed E-state index contributed by atoms with van der Waals surface area (Å²) < 4.78 is 0. The fourth-order valence-electron chi connectivity index (χ4n) is 2.47. The Labute approximate surface area is 131 Å². The summed E-state index contributed by atoms with van der Waals surface area (Å²) in [5.74, 6) is 0. The van der Waals surface area contributed by atoms with Crippen LogP contribution in [0.15, 0.2) is 41.9 Å². The molecule has 0 aliphatic rings. The van der Waals surface area contributed by atoms with Crippen molar-refractivity contribution in [3.8, 4) is 21.8 Å². The molecule has 3 heterocycles. The van der Waals surface area contributed by atoms with Gasteiger partial charge in [0, 0.05) is 12.7 Å². The number of aromatic nitrogens is 5. The van der Waals surface area contributed by atoms with Crippen molar-refractivity contribution in [2.45, 2.75) is 6.92 Å². The predicted octanol–water partition coefficient (Wildman–Crippen LogP) is 3.46. The van der Waals surface area contributed by atoms with E-state index in [-0.39, 0.29) is 0 Å². The maximum absolute atomic E-state index is 4.58. The van der Waals surface area contributed by atoms with Gasteiger partial charge < -0.3 is 0 Å². The normalized spacial score (nSPS) is 11.2. The van der Waals surface area contributed by atoms with Gasteiger partial charge in [0.25, 0.3) is 0 Å². The van der Waals surface area contributed by atoms with Gasteiger partial charge >= 0.3 is 0 Å². The van der Waals surface area contributed by atoms with Crippen LogP contribution in [0.3, 0.4) is 0 Å². The minimum absolute atomic E-state index is 0.886. The average molecular weight is 307 g/mol. The monoisotopic (exact) mass is 307 g/mol. The lowest BCUT2D eigenvalue weighted by molar-refractivity contribution is 0.665. The lowest BCUT2D eigenvalue weighted by Crippen LogP contribution is -1.90. The van der Waals surface area contributed by atoms with E-state index in [1.54, 1.807) is 16.1 Å². The lowest BCUT2D eigenvalue weighted by Gasteiger charge is -2.03. The standard InChI is InChI=1S/C16H13N5S/c1-10-4-3-5-13(18-10)15-16(22-9-17-15)11-6-7-12-14(8-11)20-21(2)19-12/h3-9H,1-2H3. The fraction of sp³-hybridized carbons (Fsp3) is 0.125. The first kappa shape index (κ1) is 13.1. The summed E-state index contributed by atoms with van der Waals surface area (Å²) in [6, 6.07) is 12.1. The molecule has 108 valence electrons. The van der Waals surface area contributed by atoms with Gasteiger partial charge in [-0.05, 0) is 36.8 Å². The van der Waals surface area contributed by atoms with E-state index in [1.165, 1.54) is 0 Å². The zero-order valence-corrected chi connectivity index (χ0v) is 13.0. The molecule has 5 nitrogen and oxygen atoms in total. The van der Waals surface area contributed by atoms with E-state index in [9.17, 15) is 0 Å². The van der Waals surface area contributed by atoms with Gasteiger partial charge in [0.05, 0.1) is 16.1 Å². The van der Waals surface area contributed by atoms with E-state index in [2.05, 4.69) is 32.3 Å². The Kier molecular flexibility index (Phi) is 2.97. The number of thiazole rings is 1. The summed E-state index contributed by atoms with van der Waals surface area (Å²) in [7, 11) is 1.83. The highest BCUT2D eigenvalue weighted by atomic mass is 32.1. The molecule has 0 aliphatic heterocycles. The third-order valence-corrected chi connectivity index (χ3v) is 4.32. The third-order valence-electron chi connectivity index (χ3n) is 3.44. The molecule has 0 aliphatic carbocycles. The first-order valence-electron chi connectivity index (χ1n) is 6.90. The van der Waals surface area contributed by atoms with Crippen LogP contribution in [0.25, 0.3) is 32.9 Å². The minimum atomic E-state index is 0.886. The molecule has 4 aromatic rings. The zero-order valence-electron chi connectivity index (χ0n) is 12.2. The molecule has 0 atom stereocenters. The second kappa shape index (κ2) is 4.99. The van der Waals surface area contributed by atoms with Crippen molar-refractivity contribution < 1.29 is 0 Å². The number of benzene rings is 1. The van der Waals surface area contributed by atoms with E-state index < -0.39 is 0 Å². The number of rotatable bonds is 2. The van der Waals surface area contributed by atoms with Gasteiger partial charge in [-0.3, -0.25) is 4.98 Å². The largest absolute Gasteiger partial charge is 0.251 e. The van der Waals surface area contributed by atoms with Crippen molar-refractivity contribution in [3.05, 3.63) is 47.6 Å². The van der Waals surface area contributed by atoms with E-state index in [0.29, 0.717) is 0 Å². The van der Waals surface area contributed by atoms with Crippen molar-refractivity contribution in [3.63, 3.8) is 0 Å². The first-order valence-corrected chi connectivity index (χ1v) is 7.77. The molecule has 1 aromatic carbocycles. The van der Waals surface area contributed by atoms with Crippen molar-refractivity contribution in [2.75, 3.05) is 0 Å². The highest BCUT2D eigenvalue weighted by Gasteiger charge is 2.13. The van der Waals surface area contributed by atoms with Crippen LogP contribution in [0.4, 0.5) is 0 Å². The van der Waals surface area contributed by atoms with Crippen LogP contribution in [0, 0.1) is 6.92 Å². The summed E-state index contributed by atoms with van der Waals surface area (Å²) in [6.07, 6.45) is 0. The van der Waals surface area contributed by atoms with Gasteiger partial charge in [-0.2, -0.15) is 15.0 Å². The second-order valence-electron chi connectivity index (χ2n) is 5.09. The highest BCUT2D eigenvalue weighted by Crippen LogP contribution is 2.34. The Morgan fingerprint density at radius 2 is 1.91 bits per heavy atom. The molecular formula is C16H13N5S. The Morgan fingerprint density at radius 3 is 2.77 bits per heavy atom. The molecule has 6 heteroatoms. The van der Waals surface area contributed by atoms with Gasteiger partial charge in [0.15, 0.2) is 0 Å². The molecule has 4 rings (SSSR count). The molecule has 0 fully saturated rings. The molecule has 0 amide bonds. The fourth-order valence-corrected chi connectivity index (χ4v) is 3.27. The maximum Gasteiger partial charge on any atom is 0.113 e. The molecule has 0 N–H and O–H groups in total. The Balaban J connectivity index is 1.87. The van der Waals surface area contributed by atoms with Crippen LogP contribution < -0.4 is 0 Å². The van der Waals surface area contributed by atoms with Crippen molar-refractivity contribution in [1.29, 1.82) is 0 Å². The molecule has 3 aromatic heterocycles. The average Bonchev–Trinajstić information content (AvgIpc) is 3.11. The van der Waals surface area contributed by atoms with Crippen molar-refractivity contribution >= 4 is 22.4 Å². The van der Waals surface area contributed by atoms with Crippen molar-refractivity contribution in [2.24, 2.45) is 7.05 Å². The summed E-state index contributed by atoms with van der Waals surface area (Å²) >= 11 is 1.61. The van der Waals surface area contributed by atoms with Gasteiger partial charge in [0.1, 0.15) is 16.7 Å². The van der Waals surface area contributed by atoms with E-state index >= 15 is 0 Å². The van der Waals surface area contributed by atoms with Crippen molar-refractivity contribution in [1.82, 2.24) is 25.0 Å². The Hall–Kier alpha value is -2.60. The summed E-state index contributed by atoms with van der Waals surface area (Å²) in [4.78, 5) is 11.8. The number of hydrogen-bond donors (Lipinski definition) is 0. The number of fused-ring (bicyclic) bond motifs is 1. The number of nitrogens with zero attached hydrogens (tertiary/aromatic N) is 5. The Morgan fingerprint density at radius 1 is 1.05 bits per heavy atom. The van der Waals surface area contributed by atoms with Crippen LogP contribution in [-0.4, -0.2) is 25.0 Å². The van der Waals surface area contributed by atoms with Gasteiger partial charge in [-0.1, -0.05) is 12.1 Å². The topological polar surface area (TPSA) is 56.5 Å². The molecule has 22 heavy (non-hydrogen) atoms.